The molecule has 0 saturated heterocycles. The lowest BCUT2D eigenvalue weighted by Crippen LogP contribution is -2.26. The van der Waals surface area contributed by atoms with E-state index < -0.39 is 0 Å². The van der Waals surface area contributed by atoms with Crippen LogP contribution in [0.25, 0.3) is 0 Å². The summed E-state index contributed by atoms with van der Waals surface area (Å²) in [6.45, 7) is 2.40. The van der Waals surface area contributed by atoms with E-state index in [1.54, 1.807) is 14.1 Å². The van der Waals surface area contributed by atoms with Crippen molar-refractivity contribution in [1.82, 2.24) is 20.8 Å². The van der Waals surface area contributed by atoms with Gasteiger partial charge in [-0.3, -0.25) is 9.59 Å². The Morgan fingerprint density at radius 3 is 1.32 bits per heavy atom. The molecule has 8 nitrogen and oxygen atoms in total. The number of hydroxylamine groups is 4. The average molecular weight is 485 g/mol. The van der Waals surface area contributed by atoms with E-state index in [9.17, 15) is 9.59 Å². The van der Waals surface area contributed by atoms with Crippen LogP contribution in [0.4, 0.5) is 0 Å². The first-order valence-electron chi connectivity index (χ1n) is 13.4. The fraction of sp³-hybridized carbons (Fsp3) is 0.846. The molecule has 0 saturated carbocycles. The Balaban J connectivity index is 3.28. The third kappa shape index (κ3) is 26.8. The molecule has 0 spiro atoms. The first kappa shape index (κ1) is 32.5. The van der Waals surface area contributed by atoms with E-state index >= 15 is 0 Å². The highest BCUT2D eigenvalue weighted by Crippen LogP contribution is 2.10. The first-order chi connectivity index (χ1) is 16.4. The Morgan fingerprint density at radius 1 is 0.588 bits per heavy atom. The van der Waals surface area contributed by atoms with Crippen LogP contribution in [-0.4, -0.2) is 72.6 Å². The van der Waals surface area contributed by atoms with Gasteiger partial charge in [-0.2, -0.15) is 10.1 Å². The normalized spacial score (nSPS) is 11.6. The first-order valence-corrected chi connectivity index (χ1v) is 13.4. The number of rotatable bonds is 24. The number of carbonyl (C=O) groups is 2. The number of amides is 2. The van der Waals surface area contributed by atoms with Crippen LogP contribution in [0.15, 0.2) is 12.2 Å². The summed E-state index contributed by atoms with van der Waals surface area (Å²) in [4.78, 5) is 23.4. The molecular formula is C26H52N4O4. The van der Waals surface area contributed by atoms with Gasteiger partial charge in [0.25, 0.3) is 0 Å². The number of nitrogens with zero attached hydrogens (tertiary/aromatic N) is 2. The predicted molar refractivity (Wildman–Crippen MR) is 138 cm³/mol. The Labute approximate surface area is 208 Å². The smallest absolute Gasteiger partial charge is 0.219 e. The van der Waals surface area contributed by atoms with Crippen LogP contribution in [0.2, 0.25) is 0 Å². The van der Waals surface area contributed by atoms with E-state index in [0.717, 1.165) is 61.5 Å². The highest BCUT2D eigenvalue weighted by atomic mass is 16.5. The molecule has 0 heterocycles. The molecule has 34 heavy (non-hydrogen) atoms. The summed E-state index contributed by atoms with van der Waals surface area (Å²) < 4.78 is 0. The fourth-order valence-corrected chi connectivity index (χ4v) is 3.64. The maximum atomic E-state index is 11.7. The second-order valence-corrected chi connectivity index (χ2v) is 9.25. The lowest BCUT2D eigenvalue weighted by molar-refractivity contribution is -0.122. The van der Waals surface area contributed by atoms with Crippen molar-refractivity contribution in [2.75, 3.05) is 40.3 Å². The summed E-state index contributed by atoms with van der Waals surface area (Å²) in [5.41, 5.74) is 0. The summed E-state index contributed by atoms with van der Waals surface area (Å²) in [6, 6.07) is 0. The molecule has 0 aliphatic heterocycles. The summed E-state index contributed by atoms with van der Waals surface area (Å²) >= 11 is 0. The summed E-state index contributed by atoms with van der Waals surface area (Å²) in [7, 11) is 3.22. The maximum absolute atomic E-state index is 11.7. The van der Waals surface area contributed by atoms with E-state index in [4.69, 9.17) is 10.4 Å². The number of hydrogen-bond donors (Lipinski definition) is 4. The molecule has 0 bridgehead atoms. The fourth-order valence-electron chi connectivity index (χ4n) is 3.64. The summed E-state index contributed by atoms with van der Waals surface area (Å²) in [5, 5.41) is 26.1. The zero-order valence-corrected chi connectivity index (χ0v) is 21.9. The van der Waals surface area contributed by atoms with E-state index in [1.165, 1.54) is 38.5 Å². The van der Waals surface area contributed by atoms with Crippen LogP contribution in [0.3, 0.4) is 0 Å². The van der Waals surface area contributed by atoms with E-state index in [2.05, 4.69) is 22.8 Å². The van der Waals surface area contributed by atoms with Crippen molar-refractivity contribution >= 4 is 11.8 Å². The Morgan fingerprint density at radius 2 is 0.941 bits per heavy atom. The molecular weight excluding hydrogens is 432 g/mol. The number of carbonyl (C=O) groups excluding carboxylic acids is 2. The number of nitrogens with one attached hydrogen (secondary N) is 2. The highest BCUT2D eigenvalue weighted by Gasteiger charge is 2.02. The van der Waals surface area contributed by atoms with Gasteiger partial charge in [-0.1, -0.05) is 50.7 Å². The quantitative estimate of drug-likeness (QED) is 0.0902. The standard InChI is InChI=1S/C26H52N4O4/c1-29(33)23-17-21-27-25(31)19-15-13-11-9-7-5-3-4-6-8-10-12-14-16-20-26(32)28-22-18-24-30(2)34/h3-4,33-34H,5-24H2,1-2H3,(H,27,31)(H,28,32)/b4-3+. The monoisotopic (exact) mass is 484 g/mol. The molecule has 0 unspecified atom stereocenters. The molecule has 0 radical (unpaired) electrons. The van der Waals surface area contributed by atoms with Gasteiger partial charge in [-0.25, -0.2) is 0 Å². The second-order valence-electron chi connectivity index (χ2n) is 9.25. The van der Waals surface area contributed by atoms with Gasteiger partial charge in [0, 0.05) is 53.1 Å². The van der Waals surface area contributed by atoms with Crippen LogP contribution in [0.5, 0.6) is 0 Å². The van der Waals surface area contributed by atoms with Gasteiger partial charge in [0.2, 0.25) is 11.8 Å². The van der Waals surface area contributed by atoms with Crippen molar-refractivity contribution in [1.29, 1.82) is 0 Å². The van der Waals surface area contributed by atoms with E-state index in [1.807, 2.05) is 0 Å². The molecule has 2 amide bonds. The van der Waals surface area contributed by atoms with Gasteiger partial charge in [0.05, 0.1) is 0 Å². The maximum Gasteiger partial charge on any atom is 0.219 e. The van der Waals surface area contributed by atoms with E-state index in [-0.39, 0.29) is 11.8 Å². The van der Waals surface area contributed by atoms with Gasteiger partial charge >= 0.3 is 0 Å². The zero-order valence-electron chi connectivity index (χ0n) is 21.9. The topological polar surface area (TPSA) is 105 Å². The van der Waals surface area contributed by atoms with Gasteiger partial charge in [-0.15, -0.1) is 0 Å². The minimum atomic E-state index is 0.118. The summed E-state index contributed by atoms with van der Waals surface area (Å²) in [5.74, 6) is 0.236. The second kappa shape index (κ2) is 24.6. The highest BCUT2D eigenvalue weighted by molar-refractivity contribution is 5.76. The van der Waals surface area contributed by atoms with Crippen LogP contribution >= 0.6 is 0 Å². The number of unbranched alkanes of at least 4 members (excludes halogenated alkanes) is 10. The van der Waals surface area contributed by atoms with Gasteiger partial charge in [-0.05, 0) is 51.4 Å². The van der Waals surface area contributed by atoms with Gasteiger partial charge < -0.3 is 21.0 Å². The van der Waals surface area contributed by atoms with Crippen molar-refractivity contribution in [3.8, 4) is 0 Å². The minimum Gasteiger partial charge on any atom is -0.356 e. The minimum absolute atomic E-state index is 0.118. The van der Waals surface area contributed by atoms with Crippen molar-refractivity contribution < 1.29 is 20.0 Å². The third-order valence-corrected chi connectivity index (χ3v) is 5.68. The van der Waals surface area contributed by atoms with E-state index in [0.29, 0.717) is 39.0 Å². The Bertz CT molecular complexity index is 469. The number of hydrogen-bond acceptors (Lipinski definition) is 6. The lowest BCUT2D eigenvalue weighted by Gasteiger charge is -2.08. The molecule has 0 fully saturated rings. The molecule has 4 N–H and O–H groups in total. The number of allylic oxidation sites excluding steroid dienone is 2. The average Bonchev–Trinajstić information content (AvgIpc) is 2.79. The molecule has 200 valence electrons. The van der Waals surface area contributed by atoms with Crippen molar-refractivity contribution in [2.45, 2.75) is 103 Å². The molecule has 0 aromatic heterocycles. The molecule has 0 aromatic rings. The molecule has 0 rings (SSSR count). The molecule has 0 aliphatic rings. The van der Waals surface area contributed by atoms with Crippen LogP contribution in [0.1, 0.15) is 103 Å². The lowest BCUT2D eigenvalue weighted by atomic mass is 10.1. The predicted octanol–water partition coefficient (Wildman–Crippen LogP) is 4.66. The molecule has 0 atom stereocenters. The summed E-state index contributed by atoms with van der Waals surface area (Å²) in [6.07, 6.45) is 21.0. The van der Waals surface area contributed by atoms with Gasteiger partial charge in [0.15, 0.2) is 0 Å². The van der Waals surface area contributed by atoms with Crippen molar-refractivity contribution in [2.24, 2.45) is 0 Å². The van der Waals surface area contributed by atoms with Crippen molar-refractivity contribution in [3.63, 3.8) is 0 Å². The SMILES string of the molecule is CN(O)CCCNC(=O)CCCCCCC/C=C/CCCCCCCC(=O)NCCCN(C)O. The molecule has 0 aliphatic carbocycles. The Hall–Kier alpha value is -1.48. The third-order valence-electron chi connectivity index (χ3n) is 5.68. The zero-order chi connectivity index (χ0) is 25.3. The van der Waals surface area contributed by atoms with Crippen LogP contribution in [0, 0.1) is 0 Å². The van der Waals surface area contributed by atoms with Gasteiger partial charge in [0.1, 0.15) is 0 Å². The van der Waals surface area contributed by atoms with Crippen LogP contribution in [-0.2, 0) is 9.59 Å². The largest absolute Gasteiger partial charge is 0.356 e. The van der Waals surface area contributed by atoms with Crippen molar-refractivity contribution in [3.05, 3.63) is 12.2 Å². The van der Waals surface area contributed by atoms with Crippen LogP contribution < -0.4 is 10.6 Å². The molecule has 0 aromatic carbocycles. The Kier molecular flexibility index (Phi) is 23.6. The molecule has 8 heteroatoms.